The largest absolute Gasteiger partial charge is 0.508 e. The highest BCUT2D eigenvalue weighted by Crippen LogP contribution is 2.38. The number of hydrogen-bond donors (Lipinski definition) is 2. The third-order valence-corrected chi connectivity index (χ3v) is 4.44. The minimum absolute atomic E-state index is 0.162. The first-order chi connectivity index (χ1) is 13.0. The molecule has 0 unspecified atom stereocenters. The Morgan fingerprint density at radius 2 is 1.56 bits per heavy atom. The van der Waals surface area contributed by atoms with Crippen molar-refractivity contribution in [2.75, 3.05) is 0 Å². The molecule has 4 rings (SSSR count). The predicted molar refractivity (Wildman–Crippen MR) is 105 cm³/mol. The average Bonchev–Trinajstić information content (AvgIpc) is 3.01. The molecule has 3 aromatic carbocycles. The van der Waals surface area contributed by atoms with Gasteiger partial charge in [0.05, 0.1) is 0 Å². The van der Waals surface area contributed by atoms with Crippen molar-refractivity contribution in [2.45, 2.75) is 6.92 Å². The third-order valence-electron chi connectivity index (χ3n) is 4.44. The van der Waals surface area contributed by atoms with Gasteiger partial charge in [0.1, 0.15) is 28.7 Å². The second-order valence-corrected chi connectivity index (χ2v) is 6.42. The van der Waals surface area contributed by atoms with E-state index in [2.05, 4.69) is 0 Å². The van der Waals surface area contributed by atoms with Gasteiger partial charge in [0, 0.05) is 16.5 Å². The number of aryl methyl sites for hydroxylation is 1. The number of halogens is 1. The van der Waals surface area contributed by atoms with Crippen LogP contribution in [0.3, 0.4) is 0 Å². The lowest BCUT2D eigenvalue weighted by atomic mass is 10.0. The van der Waals surface area contributed by atoms with Gasteiger partial charge in [-0.15, -0.1) is 0 Å². The van der Waals surface area contributed by atoms with Crippen LogP contribution in [0.4, 0.5) is 4.39 Å². The molecule has 0 aliphatic heterocycles. The summed E-state index contributed by atoms with van der Waals surface area (Å²) in [4.78, 5) is 0. The van der Waals surface area contributed by atoms with E-state index in [1.807, 2.05) is 19.1 Å². The first-order valence-electron chi connectivity index (χ1n) is 8.50. The fourth-order valence-electron chi connectivity index (χ4n) is 3.12. The SMILES string of the molecule is Cc1cc(O)cc2c(C=Cc3ccc(F)cc3)c(-c3ccc(O)cc3)oc12. The van der Waals surface area contributed by atoms with Crippen molar-refractivity contribution in [3.05, 3.63) is 83.2 Å². The molecule has 27 heavy (non-hydrogen) atoms. The zero-order chi connectivity index (χ0) is 19.0. The predicted octanol–water partition coefficient (Wildman–Crippen LogP) is 6.13. The molecule has 4 heteroatoms. The molecule has 2 N–H and O–H groups in total. The number of hydrogen-bond acceptors (Lipinski definition) is 3. The van der Waals surface area contributed by atoms with E-state index in [0.29, 0.717) is 11.3 Å². The maximum absolute atomic E-state index is 13.1. The molecular weight excluding hydrogens is 343 g/mol. The monoisotopic (exact) mass is 360 g/mol. The van der Waals surface area contributed by atoms with E-state index in [9.17, 15) is 14.6 Å². The number of furan rings is 1. The van der Waals surface area contributed by atoms with Crippen LogP contribution < -0.4 is 0 Å². The summed E-state index contributed by atoms with van der Waals surface area (Å²) in [5.74, 6) is 0.685. The van der Waals surface area contributed by atoms with Crippen molar-refractivity contribution < 1.29 is 19.0 Å². The normalized spacial score (nSPS) is 11.5. The Kier molecular flexibility index (Phi) is 4.16. The summed E-state index contributed by atoms with van der Waals surface area (Å²) >= 11 is 0. The van der Waals surface area contributed by atoms with Gasteiger partial charge in [-0.2, -0.15) is 0 Å². The molecule has 0 aliphatic rings. The Morgan fingerprint density at radius 1 is 0.852 bits per heavy atom. The quantitative estimate of drug-likeness (QED) is 0.462. The van der Waals surface area contributed by atoms with E-state index in [-0.39, 0.29) is 17.3 Å². The number of benzene rings is 3. The Balaban J connectivity index is 1.91. The lowest BCUT2D eigenvalue weighted by Gasteiger charge is -2.00. The molecule has 0 saturated carbocycles. The van der Waals surface area contributed by atoms with Gasteiger partial charge in [0.25, 0.3) is 0 Å². The molecule has 0 radical (unpaired) electrons. The molecule has 3 nitrogen and oxygen atoms in total. The van der Waals surface area contributed by atoms with Gasteiger partial charge in [-0.25, -0.2) is 4.39 Å². The molecule has 134 valence electrons. The molecule has 0 atom stereocenters. The molecular formula is C23H17FO3. The van der Waals surface area contributed by atoms with E-state index >= 15 is 0 Å². The molecule has 1 heterocycles. The fourth-order valence-corrected chi connectivity index (χ4v) is 3.12. The Hall–Kier alpha value is -3.53. The topological polar surface area (TPSA) is 53.6 Å². The Labute approximate surface area is 155 Å². The highest BCUT2D eigenvalue weighted by atomic mass is 19.1. The highest BCUT2D eigenvalue weighted by Gasteiger charge is 2.16. The minimum Gasteiger partial charge on any atom is -0.508 e. The van der Waals surface area contributed by atoms with E-state index in [4.69, 9.17) is 4.42 Å². The number of rotatable bonds is 3. The summed E-state index contributed by atoms with van der Waals surface area (Å²) in [6, 6.07) is 16.3. The van der Waals surface area contributed by atoms with E-state index < -0.39 is 0 Å². The van der Waals surface area contributed by atoms with Crippen LogP contribution >= 0.6 is 0 Å². The summed E-state index contributed by atoms with van der Waals surface area (Å²) in [5, 5.41) is 20.4. The molecule has 0 saturated heterocycles. The van der Waals surface area contributed by atoms with Gasteiger partial charge in [0.15, 0.2) is 0 Å². The molecule has 0 amide bonds. The van der Waals surface area contributed by atoms with Gasteiger partial charge < -0.3 is 14.6 Å². The molecule has 4 aromatic rings. The molecule has 1 aromatic heterocycles. The fraction of sp³-hybridized carbons (Fsp3) is 0.0435. The minimum atomic E-state index is -0.286. The van der Waals surface area contributed by atoms with Crippen molar-refractivity contribution in [3.63, 3.8) is 0 Å². The van der Waals surface area contributed by atoms with Crippen LogP contribution in [-0.4, -0.2) is 10.2 Å². The maximum Gasteiger partial charge on any atom is 0.142 e. The zero-order valence-electron chi connectivity index (χ0n) is 14.6. The summed E-state index contributed by atoms with van der Waals surface area (Å²) < 4.78 is 19.2. The summed E-state index contributed by atoms with van der Waals surface area (Å²) in [7, 11) is 0. The Morgan fingerprint density at radius 3 is 2.26 bits per heavy atom. The lowest BCUT2D eigenvalue weighted by Crippen LogP contribution is -1.79. The van der Waals surface area contributed by atoms with E-state index in [1.165, 1.54) is 12.1 Å². The van der Waals surface area contributed by atoms with Crippen LogP contribution in [-0.2, 0) is 0 Å². The zero-order valence-corrected chi connectivity index (χ0v) is 14.6. The van der Waals surface area contributed by atoms with Crippen LogP contribution in [0.2, 0.25) is 0 Å². The number of phenols is 2. The van der Waals surface area contributed by atoms with E-state index in [0.717, 1.165) is 27.6 Å². The standard InChI is InChI=1S/C23H17FO3/c1-14-12-19(26)13-21-20(11-4-15-2-7-17(24)8-3-15)23(27-22(14)21)16-5-9-18(25)10-6-16/h2-13,25-26H,1H3. The van der Waals surface area contributed by atoms with Crippen molar-refractivity contribution >= 4 is 23.1 Å². The average molecular weight is 360 g/mol. The summed E-state index contributed by atoms with van der Waals surface area (Å²) in [5.41, 5.74) is 3.97. The van der Waals surface area contributed by atoms with Crippen LogP contribution in [0.15, 0.2) is 65.1 Å². The maximum atomic E-state index is 13.1. The van der Waals surface area contributed by atoms with Crippen molar-refractivity contribution in [1.29, 1.82) is 0 Å². The van der Waals surface area contributed by atoms with Crippen LogP contribution in [0.5, 0.6) is 11.5 Å². The van der Waals surface area contributed by atoms with Gasteiger partial charge in [-0.3, -0.25) is 0 Å². The van der Waals surface area contributed by atoms with Gasteiger partial charge in [-0.05, 0) is 72.7 Å². The van der Waals surface area contributed by atoms with Gasteiger partial charge >= 0.3 is 0 Å². The van der Waals surface area contributed by atoms with Gasteiger partial charge in [0.2, 0.25) is 0 Å². The molecule has 0 bridgehead atoms. The number of aromatic hydroxyl groups is 2. The smallest absolute Gasteiger partial charge is 0.142 e. The second-order valence-electron chi connectivity index (χ2n) is 6.42. The lowest BCUT2D eigenvalue weighted by molar-refractivity contribution is 0.474. The van der Waals surface area contributed by atoms with E-state index in [1.54, 1.807) is 48.5 Å². The third kappa shape index (κ3) is 3.29. The molecule has 0 spiro atoms. The van der Waals surface area contributed by atoms with Crippen LogP contribution in [0, 0.1) is 12.7 Å². The number of phenolic OH excluding ortho intramolecular Hbond substituents is 2. The van der Waals surface area contributed by atoms with Crippen LogP contribution in [0.1, 0.15) is 16.7 Å². The van der Waals surface area contributed by atoms with Crippen molar-refractivity contribution in [1.82, 2.24) is 0 Å². The second kappa shape index (κ2) is 6.65. The van der Waals surface area contributed by atoms with Crippen molar-refractivity contribution in [3.8, 4) is 22.8 Å². The van der Waals surface area contributed by atoms with Gasteiger partial charge in [-0.1, -0.05) is 18.2 Å². The summed E-state index contributed by atoms with van der Waals surface area (Å²) in [6.07, 6.45) is 3.76. The van der Waals surface area contributed by atoms with Crippen LogP contribution in [0.25, 0.3) is 34.4 Å². The molecule has 0 aliphatic carbocycles. The van der Waals surface area contributed by atoms with Crippen molar-refractivity contribution in [2.24, 2.45) is 0 Å². The Bertz CT molecular complexity index is 1140. The highest BCUT2D eigenvalue weighted by molar-refractivity contribution is 5.98. The number of fused-ring (bicyclic) bond motifs is 1. The first-order valence-corrected chi connectivity index (χ1v) is 8.50. The first kappa shape index (κ1) is 16.9. The molecule has 0 fully saturated rings. The summed E-state index contributed by atoms with van der Waals surface area (Å²) in [6.45, 7) is 1.87.